The number of thiocarbonyl (C=S) groups is 1. The molecule has 0 aliphatic rings. The molecule has 2 atom stereocenters. The second kappa shape index (κ2) is 11.6. The number of aliphatic carboxylic acids is 2. The first kappa shape index (κ1) is 25.3. The van der Waals surface area contributed by atoms with Gasteiger partial charge in [0.2, 0.25) is 0 Å². The Morgan fingerprint density at radius 2 is 1.09 bits per heavy atom. The van der Waals surface area contributed by atoms with Gasteiger partial charge in [0.05, 0.1) is 12.8 Å². The summed E-state index contributed by atoms with van der Waals surface area (Å²) in [6.45, 7) is 4.95. The quantitative estimate of drug-likeness (QED) is 0.357. The van der Waals surface area contributed by atoms with Crippen LogP contribution < -0.4 is 10.6 Å². The van der Waals surface area contributed by atoms with E-state index in [1.165, 1.54) is 0 Å². The molecule has 172 valence electrons. The van der Waals surface area contributed by atoms with Gasteiger partial charge in [0.25, 0.3) is 0 Å². The Morgan fingerprint density at radius 3 is 1.41 bits per heavy atom. The molecule has 0 fully saturated rings. The van der Waals surface area contributed by atoms with Crippen molar-refractivity contribution < 1.29 is 19.8 Å². The minimum Gasteiger partial charge on any atom is -0.481 e. The molecule has 0 aliphatic carbocycles. The fourth-order valence-electron chi connectivity index (χ4n) is 3.98. The Hall–Kier alpha value is -2.93. The zero-order valence-corrected chi connectivity index (χ0v) is 19.5. The van der Waals surface area contributed by atoms with Gasteiger partial charge in [-0.15, -0.1) is 0 Å². The normalized spacial score (nSPS) is 14.6. The summed E-state index contributed by atoms with van der Waals surface area (Å²) in [7, 11) is 0. The molecule has 0 saturated heterocycles. The predicted molar refractivity (Wildman–Crippen MR) is 130 cm³/mol. The molecule has 2 unspecified atom stereocenters. The van der Waals surface area contributed by atoms with Crippen LogP contribution in [0.25, 0.3) is 0 Å². The second-order valence-electron chi connectivity index (χ2n) is 8.68. The Bertz CT molecular complexity index is 833. The van der Waals surface area contributed by atoms with Crippen LogP contribution in [0.3, 0.4) is 0 Å². The van der Waals surface area contributed by atoms with Crippen molar-refractivity contribution in [1.29, 1.82) is 0 Å². The SMILES string of the molecule is CC(CCNC(=S)NCCC(C)(CC(=O)O)c1ccccc1)(CC(=O)O)c1ccccc1. The van der Waals surface area contributed by atoms with E-state index in [0.29, 0.717) is 31.0 Å². The van der Waals surface area contributed by atoms with Crippen molar-refractivity contribution in [3.05, 3.63) is 71.8 Å². The molecule has 0 aliphatic heterocycles. The molecule has 0 bridgehead atoms. The van der Waals surface area contributed by atoms with Gasteiger partial charge in [-0.1, -0.05) is 74.5 Å². The lowest BCUT2D eigenvalue weighted by atomic mass is 9.76. The van der Waals surface area contributed by atoms with Gasteiger partial charge in [0, 0.05) is 23.9 Å². The van der Waals surface area contributed by atoms with Crippen LogP contribution in [0.4, 0.5) is 0 Å². The average molecular weight is 457 g/mol. The maximum Gasteiger partial charge on any atom is 0.304 e. The van der Waals surface area contributed by atoms with Gasteiger partial charge in [-0.2, -0.15) is 0 Å². The highest BCUT2D eigenvalue weighted by Crippen LogP contribution is 2.32. The fraction of sp³-hybridized carbons (Fsp3) is 0.400. The monoisotopic (exact) mass is 456 g/mol. The van der Waals surface area contributed by atoms with Gasteiger partial charge in [-0.25, -0.2) is 0 Å². The minimum atomic E-state index is -0.837. The maximum absolute atomic E-state index is 11.4. The maximum atomic E-state index is 11.4. The molecular weight excluding hydrogens is 424 g/mol. The summed E-state index contributed by atoms with van der Waals surface area (Å²) < 4.78 is 0. The second-order valence-corrected chi connectivity index (χ2v) is 9.09. The van der Waals surface area contributed by atoms with E-state index in [1.807, 2.05) is 74.5 Å². The Balaban J connectivity index is 1.89. The molecule has 2 aromatic carbocycles. The molecule has 0 amide bonds. The highest BCUT2D eigenvalue weighted by atomic mass is 32.1. The van der Waals surface area contributed by atoms with Crippen molar-refractivity contribution in [3.63, 3.8) is 0 Å². The van der Waals surface area contributed by atoms with Gasteiger partial charge >= 0.3 is 11.9 Å². The number of hydrogen-bond donors (Lipinski definition) is 4. The standard InChI is InChI=1S/C25H32N2O4S/c1-24(17-21(28)29,19-9-5-3-6-10-19)13-15-26-23(32)27-16-14-25(2,18-22(30)31)20-11-7-4-8-12-20/h3-12H,13-18H2,1-2H3,(H,28,29)(H,30,31)(H2,26,27,32). The highest BCUT2D eigenvalue weighted by molar-refractivity contribution is 7.80. The van der Waals surface area contributed by atoms with Crippen molar-refractivity contribution in [2.75, 3.05) is 13.1 Å². The van der Waals surface area contributed by atoms with E-state index in [4.69, 9.17) is 12.2 Å². The van der Waals surface area contributed by atoms with E-state index in [-0.39, 0.29) is 12.8 Å². The van der Waals surface area contributed by atoms with Crippen molar-refractivity contribution >= 4 is 29.3 Å². The van der Waals surface area contributed by atoms with Crippen LogP contribution in [0.2, 0.25) is 0 Å². The first-order valence-electron chi connectivity index (χ1n) is 10.7. The Kier molecular flexibility index (Phi) is 9.20. The first-order valence-corrected chi connectivity index (χ1v) is 11.1. The highest BCUT2D eigenvalue weighted by Gasteiger charge is 2.30. The molecule has 0 heterocycles. The molecular formula is C25H32N2O4S. The average Bonchev–Trinajstić information content (AvgIpc) is 2.74. The summed E-state index contributed by atoms with van der Waals surface area (Å²) in [6.07, 6.45) is 1.27. The third kappa shape index (κ3) is 7.64. The third-order valence-corrected chi connectivity index (χ3v) is 6.24. The largest absolute Gasteiger partial charge is 0.481 e. The molecule has 2 aromatic rings. The lowest BCUT2D eigenvalue weighted by Crippen LogP contribution is -2.40. The predicted octanol–water partition coefficient (Wildman–Crippen LogP) is 4.10. The van der Waals surface area contributed by atoms with E-state index in [1.54, 1.807) is 0 Å². The summed E-state index contributed by atoms with van der Waals surface area (Å²) in [6, 6.07) is 19.3. The lowest BCUT2D eigenvalue weighted by molar-refractivity contribution is -0.139. The molecule has 0 radical (unpaired) electrons. The third-order valence-electron chi connectivity index (χ3n) is 5.95. The van der Waals surface area contributed by atoms with E-state index < -0.39 is 22.8 Å². The Labute approximate surface area is 195 Å². The molecule has 0 spiro atoms. The number of benzene rings is 2. The topological polar surface area (TPSA) is 98.7 Å². The van der Waals surface area contributed by atoms with Crippen molar-refractivity contribution in [3.8, 4) is 0 Å². The number of carboxylic acid groups (broad SMARTS) is 2. The van der Waals surface area contributed by atoms with Crippen LogP contribution in [-0.2, 0) is 20.4 Å². The summed E-state index contributed by atoms with van der Waals surface area (Å²) in [5.74, 6) is -1.67. The van der Waals surface area contributed by atoms with Gasteiger partial charge < -0.3 is 20.8 Å². The molecule has 7 heteroatoms. The van der Waals surface area contributed by atoms with Gasteiger partial charge in [-0.3, -0.25) is 9.59 Å². The first-order chi connectivity index (χ1) is 15.1. The summed E-state index contributed by atoms with van der Waals surface area (Å²) in [5, 5.41) is 25.5. The molecule has 0 saturated carbocycles. The van der Waals surface area contributed by atoms with Gasteiger partial charge in [-0.05, 0) is 36.2 Å². The smallest absolute Gasteiger partial charge is 0.304 e. The molecule has 2 rings (SSSR count). The van der Waals surface area contributed by atoms with Crippen LogP contribution in [0.5, 0.6) is 0 Å². The number of nitrogens with one attached hydrogen (secondary N) is 2. The van der Waals surface area contributed by atoms with Crippen LogP contribution >= 0.6 is 12.2 Å². The summed E-state index contributed by atoms with van der Waals surface area (Å²) in [4.78, 5) is 22.8. The fourth-order valence-corrected chi connectivity index (χ4v) is 4.19. The summed E-state index contributed by atoms with van der Waals surface area (Å²) >= 11 is 5.38. The van der Waals surface area contributed by atoms with E-state index in [0.717, 1.165) is 11.1 Å². The number of rotatable bonds is 12. The molecule has 6 nitrogen and oxygen atoms in total. The zero-order valence-electron chi connectivity index (χ0n) is 18.6. The zero-order chi connectivity index (χ0) is 23.6. The van der Waals surface area contributed by atoms with Crippen molar-refractivity contribution in [2.45, 2.75) is 50.4 Å². The number of carbonyl (C=O) groups is 2. The van der Waals surface area contributed by atoms with Crippen LogP contribution in [0.1, 0.15) is 50.7 Å². The van der Waals surface area contributed by atoms with E-state index in [9.17, 15) is 19.8 Å². The van der Waals surface area contributed by atoms with Crippen LogP contribution in [0, 0.1) is 0 Å². The number of hydrogen-bond acceptors (Lipinski definition) is 3. The lowest BCUT2D eigenvalue weighted by Gasteiger charge is -2.30. The van der Waals surface area contributed by atoms with E-state index >= 15 is 0 Å². The van der Waals surface area contributed by atoms with Crippen molar-refractivity contribution in [1.82, 2.24) is 10.6 Å². The van der Waals surface area contributed by atoms with Crippen molar-refractivity contribution in [2.24, 2.45) is 0 Å². The van der Waals surface area contributed by atoms with Gasteiger partial charge in [0.15, 0.2) is 5.11 Å². The number of carboxylic acids is 2. The van der Waals surface area contributed by atoms with E-state index in [2.05, 4.69) is 10.6 Å². The van der Waals surface area contributed by atoms with Crippen LogP contribution in [0.15, 0.2) is 60.7 Å². The Morgan fingerprint density at radius 1 is 0.750 bits per heavy atom. The molecule has 32 heavy (non-hydrogen) atoms. The summed E-state index contributed by atoms with van der Waals surface area (Å²) in [5.41, 5.74) is 0.942. The minimum absolute atomic E-state index is 0.0313. The molecule has 0 aromatic heterocycles. The molecule has 4 N–H and O–H groups in total. The van der Waals surface area contributed by atoms with Gasteiger partial charge in [0.1, 0.15) is 0 Å². The van der Waals surface area contributed by atoms with Crippen LogP contribution in [-0.4, -0.2) is 40.4 Å².